The van der Waals surface area contributed by atoms with Crippen molar-refractivity contribution in [2.75, 3.05) is 21.3 Å². The molecule has 0 unspecified atom stereocenters. The molecule has 0 aromatic heterocycles. The number of hydrogen-bond acceptors (Lipinski definition) is 5. The number of likely N-dealkylation sites (tertiary alicyclic amines) is 1. The van der Waals surface area contributed by atoms with E-state index in [0.29, 0.717) is 24.0 Å². The number of carbonyl (C=O) groups excluding carboxylic acids is 2. The van der Waals surface area contributed by atoms with Crippen LogP contribution in [0.4, 0.5) is 0 Å². The van der Waals surface area contributed by atoms with E-state index in [1.54, 1.807) is 14.2 Å². The average Bonchev–Trinajstić information content (AvgIpc) is 2.76. The molecule has 0 radical (unpaired) electrons. The zero-order valence-corrected chi connectivity index (χ0v) is 17.4. The molecule has 1 saturated heterocycles. The number of piperidine rings is 1. The molecule has 0 saturated carbocycles. The van der Waals surface area contributed by atoms with Crippen molar-refractivity contribution in [2.45, 2.75) is 44.2 Å². The number of methoxy groups -OCH3 is 2. The first-order valence-corrected chi connectivity index (χ1v) is 10.1. The van der Waals surface area contributed by atoms with Gasteiger partial charge in [-0.1, -0.05) is 6.42 Å². The molecular weight excluding hydrogens is 366 g/mol. The van der Waals surface area contributed by atoms with Crippen molar-refractivity contribution in [1.82, 2.24) is 4.90 Å². The van der Waals surface area contributed by atoms with Crippen LogP contribution in [0.2, 0.25) is 0 Å². The number of hydrogen-bond donors (Lipinski definition) is 0. The molecule has 5 heteroatoms. The summed E-state index contributed by atoms with van der Waals surface area (Å²) >= 11 is 0. The van der Waals surface area contributed by atoms with Gasteiger partial charge in [-0.05, 0) is 68.4 Å². The molecule has 1 aliphatic heterocycles. The van der Waals surface area contributed by atoms with Gasteiger partial charge in [-0.2, -0.15) is 0 Å². The van der Waals surface area contributed by atoms with Gasteiger partial charge in [0, 0.05) is 36.1 Å². The molecule has 1 heterocycles. The van der Waals surface area contributed by atoms with Crippen LogP contribution in [0.1, 0.15) is 52.8 Å². The Balaban J connectivity index is 1.60. The number of ether oxygens (including phenoxy) is 2. The first kappa shape index (κ1) is 21.1. The third-order valence-electron chi connectivity index (χ3n) is 5.89. The van der Waals surface area contributed by atoms with Crippen molar-refractivity contribution >= 4 is 11.6 Å². The van der Waals surface area contributed by atoms with E-state index in [0.717, 1.165) is 30.8 Å². The Morgan fingerprint density at radius 1 is 0.793 bits per heavy atom. The zero-order chi connectivity index (χ0) is 20.8. The minimum absolute atomic E-state index is 0.131. The van der Waals surface area contributed by atoms with E-state index >= 15 is 0 Å². The topological polar surface area (TPSA) is 55.8 Å². The van der Waals surface area contributed by atoms with Gasteiger partial charge < -0.3 is 9.47 Å². The molecule has 0 bridgehead atoms. The van der Waals surface area contributed by atoms with Crippen LogP contribution in [-0.2, 0) is 0 Å². The van der Waals surface area contributed by atoms with Crippen molar-refractivity contribution in [1.29, 1.82) is 0 Å². The van der Waals surface area contributed by atoms with Gasteiger partial charge in [0.05, 0.1) is 14.2 Å². The van der Waals surface area contributed by atoms with Crippen LogP contribution in [0.5, 0.6) is 11.5 Å². The lowest BCUT2D eigenvalue weighted by Crippen LogP contribution is -2.45. The van der Waals surface area contributed by atoms with E-state index in [1.807, 2.05) is 55.6 Å². The van der Waals surface area contributed by atoms with Gasteiger partial charge in [0.15, 0.2) is 11.6 Å². The number of nitrogens with zero attached hydrogens (tertiary/aromatic N) is 1. The fraction of sp³-hybridized carbons (Fsp3) is 0.417. The Hall–Kier alpha value is -2.66. The van der Waals surface area contributed by atoms with Crippen LogP contribution in [0.15, 0.2) is 48.5 Å². The first-order chi connectivity index (χ1) is 14.0. The van der Waals surface area contributed by atoms with Gasteiger partial charge in [0.2, 0.25) is 0 Å². The molecule has 0 aliphatic carbocycles. The molecule has 2 aromatic rings. The van der Waals surface area contributed by atoms with Crippen molar-refractivity contribution in [2.24, 2.45) is 0 Å². The number of benzene rings is 2. The van der Waals surface area contributed by atoms with Crippen LogP contribution in [0, 0.1) is 0 Å². The van der Waals surface area contributed by atoms with Gasteiger partial charge in [-0.15, -0.1) is 0 Å². The summed E-state index contributed by atoms with van der Waals surface area (Å²) in [6.45, 7) is 0. The standard InChI is InChI=1S/C24H29NO4/c1-25-19(15-23(26)17-7-11-21(28-2)12-8-17)5-4-6-20(25)16-24(27)18-9-13-22(29-3)14-10-18/h7-14,19-20H,4-6,15-16H2,1-3H3/t19-,20-/m0/s1. The number of Topliss-reactive ketones (excluding diaryl/α,β-unsaturated/α-hetero) is 2. The summed E-state index contributed by atoms with van der Waals surface area (Å²) in [4.78, 5) is 27.7. The van der Waals surface area contributed by atoms with Gasteiger partial charge >= 0.3 is 0 Å². The molecule has 0 spiro atoms. The molecule has 0 amide bonds. The second-order valence-corrected chi connectivity index (χ2v) is 7.62. The Morgan fingerprint density at radius 2 is 1.17 bits per heavy atom. The largest absolute Gasteiger partial charge is 0.497 e. The molecule has 29 heavy (non-hydrogen) atoms. The quantitative estimate of drug-likeness (QED) is 0.620. The highest BCUT2D eigenvalue weighted by Gasteiger charge is 2.30. The maximum Gasteiger partial charge on any atom is 0.164 e. The second-order valence-electron chi connectivity index (χ2n) is 7.62. The van der Waals surface area contributed by atoms with E-state index in [-0.39, 0.29) is 23.7 Å². The summed E-state index contributed by atoms with van der Waals surface area (Å²) in [5.41, 5.74) is 1.41. The number of carbonyl (C=O) groups is 2. The summed E-state index contributed by atoms with van der Waals surface area (Å²) in [5.74, 6) is 1.75. The predicted molar refractivity (Wildman–Crippen MR) is 113 cm³/mol. The smallest absolute Gasteiger partial charge is 0.164 e. The summed E-state index contributed by atoms with van der Waals surface area (Å²) in [7, 11) is 5.26. The van der Waals surface area contributed by atoms with E-state index < -0.39 is 0 Å². The van der Waals surface area contributed by atoms with Crippen LogP contribution >= 0.6 is 0 Å². The molecule has 0 N–H and O–H groups in total. The summed E-state index contributed by atoms with van der Waals surface area (Å²) in [6, 6.07) is 14.8. The molecule has 2 aromatic carbocycles. The van der Waals surface area contributed by atoms with Crippen LogP contribution in [0.3, 0.4) is 0 Å². The first-order valence-electron chi connectivity index (χ1n) is 10.1. The van der Waals surface area contributed by atoms with E-state index in [1.165, 1.54) is 0 Å². The maximum absolute atomic E-state index is 12.7. The van der Waals surface area contributed by atoms with Crippen LogP contribution in [0.25, 0.3) is 0 Å². The molecule has 3 rings (SSSR count). The highest BCUT2D eigenvalue weighted by Crippen LogP contribution is 2.28. The third kappa shape index (κ3) is 5.24. The highest BCUT2D eigenvalue weighted by molar-refractivity contribution is 5.97. The Bertz CT molecular complexity index is 759. The van der Waals surface area contributed by atoms with Crippen molar-refractivity contribution < 1.29 is 19.1 Å². The lowest BCUT2D eigenvalue weighted by molar-refractivity contribution is 0.0723. The summed E-state index contributed by atoms with van der Waals surface area (Å²) < 4.78 is 10.3. The molecule has 2 atom stereocenters. The second kappa shape index (κ2) is 9.70. The SMILES string of the molecule is COc1ccc(C(=O)C[C@@H]2CCC[C@@H](CC(=O)c3ccc(OC)cc3)N2C)cc1. The molecule has 1 fully saturated rings. The van der Waals surface area contributed by atoms with Crippen LogP contribution in [-0.4, -0.2) is 49.8 Å². The number of ketones is 2. The van der Waals surface area contributed by atoms with Gasteiger partial charge in [0.25, 0.3) is 0 Å². The van der Waals surface area contributed by atoms with E-state index in [2.05, 4.69) is 4.90 Å². The molecule has 1 aliphatic rings. The normalized spacial score (nSPS) is 19.6. The van der Waals surface area contributed by atoms with Gasteiger partial charge in [-0.3, -0.25) is 14.5 Å². The fourth-order valence-electron chi connectivity index (χ4n) is 4.00. The zero-order valence-electron chi connectivity index (χ0n) is 17.4. The summed E-state index contributed by atoms with van der Waals surface area (Å²) in [6.07, 6.45) is 3.93. The van der Waals surface area contributed by atoms with Crippen molar-refractivity contribution in [3.63, 3.8) is 0 Å². The minimum atomic E-state index is 0.131. The Kier molecular flexibility index (Phi) is 7.04. The molecule has 5 nitrogen and oxygen atoms in total. The maximum atomic E-state index is 12.7. The lowest BCUT2D eigenvalue weighted by Gasteiger charge is -2.39. The minimum Gasteiger partial charge on any atom is -0.497 e. The van der Waals surface area contributed by atoms with E-state index in [9.17, 15) is 9.59 Å². The van der Waals surface area contributed by atoms with Gasteiger partial charge in [0.1, 0.15) is 11.5 Å². The monoisotopic (exact) mass is 395 g/mol. The lowest BCUT2D eigenvalue weighted by atomic mass is 9.88. The molecule has 154 valence electrons. The van der Waals surface area contributed by atoms with Crippen molar-refractivity contribution in [3.05, 3.63) is 59.7 Å². The third-order valence-corrected chi connectivity index (χ3v) is 5.89. The van der Waals surface area contributed by atoms with Crippen LogP contribution < -0.4 is 9.47 Å². The summed E-state index contributed by atoms with van der Waals surface area (Å²) in [5, 5.41) is 0. The predicted octanol–water partition coefficient (Wildman–Crippen LogP) is 4.40. The molecular formula is C24H29NO4. The van der Waals surface area contributed by atoms with Crippen molar-refractivity contribution in [3.8, 4) is 11.5 Å². The van der Waals surface area contributed by atoms with Gasteiger partial charge in [-0.25, -0.2) is 0 Å². The Labute approximate surface area is 172 Å². The number of rotatable bonds is 8. The average molecular weight is 395 g/mol. The fourth-order valence-corrected chi connectivity index (χ4v) is 4.00. The van der Waals surface area contributed by atoms with E-state index in [4.69, 9.17) is 9.47 Å². The highest BCUT2D eigenvalue weighted by atomic mass is 16.5. The Morgan fingerprint density at radius 3 is 1.52 bits per heavy atom.